The number of thioether (sulfide) groups is 1. The molecule has 1 heterocycles. The Morgan fingerprint density at radius 2 is 1.84 bits per heavy atom. The minimum absolute atomic E-state index is 0.00572. The van der Waals surface area contributed by atoms with Crippen molar-refractivity contribution in [3.8, 4) is 0 Å². The number of benzene rings is 2. The Hall–Kier alpha value is -2.64. The van der Waals surface area contributed by atoms with Crippen molar-refractivity contribution in [2.75, 3.05) is 5.75 Å². The zero-order valence-corrected chi connectivity index (χ0v) is 20.1. The van der Waals surface area contributed by atoms with E-state index in [-0.39, 0.29) is 35.0 Å². The molecule has 1 aromatic heterocycles. The van der Waals surface area contributed by atoms with Crippen molar-refractivity contribution in [2.24, 2.45) is 5.92 Å². The fourth-order valence-electron chi connectivity index (χ4n) is 3.20. The van der Waals surface area contributed by atoms with E-state index < -0.39 is 0 Å². The summed E-state index contributed by atoms with van der Waals surface area (Å²) in [4.78, 5) is 42.9. The summed E-state index contributed by atoms with van der Waals surface area (Å²) in [6, 6.07) is 11.7. The van der Waals surface area contributed by atoms with Gasteiger partial charge in [0.15, 0.2) is 10.9 Å². The molecule has 32 heavy (non-hydrogen) atoms. The first-order chi connectivity index (χ1) is 15.2. The van der Waals surface area contributed by atoms with Crippen molar-refractivity contribution in [1.29, 1.82) is 0 Å². The Kier molecular flexibility index (Phi) is 7.74. The SMILES string of the molecule is CC(C)Cn1c(SCC(=O)c2cccc(Cl)c2)nc2cc(C(=O)NC(C)C)ccc2c1=O. The number of halogens is 1. The van der Waals surface area contributed by atoms with E-state index in [9.17, 15) is 14.4 Å². The zero-order chi connectivity index (χ0) is 23.4. The van der Waals surface area contributed by atoms with Gasteiger partial charge in [-0.15, -0.1) is 0 Å². The first-order valence-electron chi connectivity index (χ1n) is 10.4. The second kappa shape index (κ2) is 10.3. The van der Waals surface area contributed by atoms with Crippen molar-refractivity contribution >= 4 is 46.0 Å². The van der Waals surface area contributed by atoms with E-state index in [0.29, 0.717) is 38.8 Å². The smallest absolute Gasteiger partial charge is 0.262 e. The van der Waals surface area contributed by atoms with Crippen LogP contribution in [0.5, 0.6) is 0 Å². The number of nitrogens with one attached hydrogen (secondary N) is 1. The summed E-state index contributed by atoms with van der Waals surface area (Å²) in [7, 11) is 0. The number of carbonyl (C=O) groups excluding carboxylic acids is 2. The van der Waals surface area contributed by atoms with Crippen molar-refractivity contribution in [3.63, 3.8) is 0 Å². The van der Waals surface area contributed by atoms with Crippen LogP contribution in [0.25, 0.3) is 10.9 Å². The molecule has 0 bridgehead atoms. The van der Waals surface area contributed by atoms with Crippen LogP contribution < -0.4 is 10.9 Å². The largest absolute Gasteiger partial charge is 0.350 e. The number of amides is 1. The van der Waals surface area contributed by atoms with Crippen LogP contribution in [-0.4, -0.2) is 33.0 Å². The van der Waals surface area contributed by atoms with Gasteiger partial charge in [0, 0.05) is 28.7 Å². The van der Waals surface area contributed by atoms with Crippen molar-refractivity contribution in [1.82, 2.24) is 14.9 Å². The molecule has 1 N–H and O–H groups in total. The highest BCUT2D eigenvalue weighted by atomic mass is 35.5. The number of carbonyl (C=O) groups is 2. The highest BCUT2D eigenvalue weighted by molar-refractivity contribution is 7.99. The summed E-state index contributed by atoms with van der Waals surface area (Å²) >= 11 is 7.21. The van der Waals surface area contributed by atoms with Crippen molar-refractivity contribution < 1.29 is 9.59 Å². The summed E-state index contributed by atoms with van der Waals surface area (Å²) in [5.41, 5.74) is 1.20. The number of hydrogen-bond donors (Lipinski definition) is 1. The Labute approximate surface area is 196 Å². The lowest BCUT2D eigenvalue weighted by Crippen LogP contribution is -2.30. The number of fused-ring (bicyclic) bond motifs is 1. The van der Waals surface area contributed by atoms with Gasteiger partial charge in [0.05, 0.1) is 16.7 Å². The second-order valence-corrected chi connectivity index (χ2v) is 9.67. The molecule has 0 unspecified atom stereocenters. The molecule has 8 heteroatoms. The van der Waals surface area contributed by atoms with Gasteiger partial charge < -0.3 is 5.32 Å². The van der Waals surface area contributed by atoms with E-state index in [1.165, 1.54) is 11.8 Å². The third-order valence-corrected chi connectivity index (χ3v) is 5.84. The Balaban J connectivity index is 1.98. The van der Waals surface area contributed by atoms with Gasteiger partial charge in [0.25, 0.3) is 11.5 Å². The van der Waals surface area contributed by atoms with Crippen LogP contribution in [0.15, 0.2) is 52.4 Å². The predicted octanol–water partition coefficient (Wildman–Crippen LogP) is 4.82. The van der Waals surface area contributed by atoms with Crippen molar-refractivity contribution in [3.05, 3.63) is 69.0 Å². The maximum absolute atomic E-state index is 13.2. The van der Waals surface area contributed by atoms with Crippen LogP contribution >= 0.6 is 23.4 Å². The minimum atomic E-state index is -0.222. The van der Waals surface area contributed by atoms with Gasteiger partial charge in [0.1, 0.15) is 0 Å². The maximum Gasteiger partial charge on any atom is 0.262 e. The summed E-state index contributed by atoms with van der Waals surface area (Å²) in [5, 5.41) is 4.23. The van der Waals surface area contributed by atoms with Crippen LogP contribution in [0.3, 0.4) is 0 Å². The number of aromatic nitrogens is 2. The molecule has 2 aromatic carbocycles. The highest BCUT2D eigenvalue weighted by Crippen LogP contribution is 2.22. The fraction of sp³-hybridized carbons (Fsp3) is 0.333. The van der Waals surface area contributed by atoms with Crippen LogP contribution in [-0.2, 0) is 6.54 Å². The zero-order valence-electron chi connectivity index (χ0n) is 18.5. The predicted molar refractivity (Wildman–Crippen MR) is 130 cm³/mol. The van der Waals surface area contributed by atoms with Gasteiger partial charge >= 0.3 is 0 Å². The van der Waals surface area contributed by atoms with Gasteiger partial charge in [-0.2, -0.15) is 0 Å². The lowest BCUT2D eigenvalue weighted by molar-refractivity contribution is 0.0942. The molecule has 1 amide bonds. The normalized spacial score (nSPS) is 11.3. The number of Topliss-reactive ketones (excluding diaryl/α,β-unsaturated/α-hetero) is 1. The third kappa shape index (κ3) is 5.78. The molecule has 0 radical (unpaired) electrons. The van der Waals surface area contributed by atoms with Gasteiger partial charge in [0.2, 0.25) is 0 Å². The molecule has 0 fully saturated rings. The number of hydrogen-bond acceptors (Lipinski definition) is 5. The van der Waals surface area contributed by atoms with E-state index in [1.54, 1.807) is 47.0 Å². The molecule has 0 aliphatic heterocycles. The number of rotatable bonds is 8. The second-order valence-electron chi connectivity index (χ2n) is 8.29. The van der Waals surface area contributed by atoms with Gasteiger partial charge in [-0.1, -0.05) is 49.3 Å². The molecule has 3 aromatic rings. The Morgan fingerprint density at radius 1 is 1.09 bits per heavy atom. The topological polar surface area (TPSA) is 81.1 Å². The molecular formula is C24H26ClN3O3S. The molecule has 0 saturated carbocycles. The van der Waals surface area contributed by atoms with E-state index in [1.807, 2.05) is 27.7 Å². The first kappa shape index (κ1) is 24.0. The summed E-state index contributed by atoms with van der Waals surface area (Å²) < 4.78 is 1.61. The number of ketones is 1. The average molecular weight is 472 g/mol. The van der Waals surface area contributed by atoms with Crippen LogP contribution in [0.4, 0.5) is 0 Å². The van der Waals surface area contributed by atoms with E-state index >= 15 is 0 Å². The fourth-order valence-corrected chi connectivity index (χ4v) is 4.29. The minimum Gasteiger partial charge on any atom is -0.350 e. The molecule has 168 valence electrons. The standard InChI is InChI=1S/C24H26ClN3O3S/c1-14(2)12-28-23(31)19-9-8-17(22(30)26-15(3)4)11-20(19)27-24(28)32-13-21(29)16-6-5-7-18(25)10-16/h5-11,14-15H,12-13H2,1-4H3,(H,26,30). The lowest BCUT2D eigenvalue weighted by atomic mass is 10.1. The van der Waals surface area contributed by atoms with E-state index in [4.69, 9.17) is 11.6 Å². The average Bonchev–Trinajstić information content (AvgIpc) is 2.73. The third-order valence-electron chi connectivity index (χ3n) is 4.63. The molecule has 0 aliphatic carbocycles. The van der Waals surface area contributed by atoms with Crippen molar-refractivity contribution in [2.45, 2.75) is 45.4 Å². The first-order valence-corrected chi connectivity index (χ1v) is 11.8. The molecule has 0 aliphatic rings. The Morgan fingerprint density at radius 3 is 2.50 bits per heavy atom. The quantitative estimate of drug-likeness (QED) is 0.289. The lowest BCUT2D eigenvalue weighted by Gasteiger charge is -2.15. The number of nitrogens with zero attached hydrogens (tertiary/aromatic N) is 2. The van der Waals surface area contributed by atoms with Gasteiger partial charge in [-0.25, -0.2) is 4.98 Å². The summed E-state index contributed by atoms with van der Waals surface area (Å²) in [6.45, 7) is 8.27. The maximum atomic E-state index is 13.2. The van der Waals surface area contributed by atoms with Crippen LogP contribution in [0.1, 0.15) is 48.4 Å². The molecule has 3 rings (SSSR count). The van der Waals surface area contributed by atoms with Gasteiger partial charge in [-0.3, -0.25) is 19.0 Å². The summed E-state index contributed by atoms with van der Waals surface area (Å²) in [6.07, 6.45) is 0. The molecule has 6 nitrogen and oxygen atoms in total. The molecule has 0 saturated heterocycles. The molecule has 0 spiro atoms. The Bertz CT molecular complexity index is 1220. The van der Waals surface area contributed by atoms with Gasteiger partial charge in [-0.05, 0) is 50.1 Å². The molecule has 0 atom stereocenters. The highest BCUT2D eigenvalue weighted by Gasteiger charge is 2.17. The van der Waals surface area contributed by atoms with Crippen LogP contribution in [0.2, 0.25) is 5.02 Å². The van der Waals surface area contributed by atoms with Crippen LogP contribution in [0, 0.1) is 5.92 Å². The molecular weight excluding hydrogens is 446 g/mol. The van der Waals surface area contributed by atoms with E-state index in [2.05, 4.69) is 10.3 Å². The monoisotopic (exact) mass is 471 g/mol. The van der Waals surface area contributed by atoms with E-state index in [0.717, 1.165) is 0 Å². The summed E-state index contributed by atoms with van der Waals surface area (Å²) in [5.74, 6) is 0.00335.